The molecule has 1 aromatic carbocycles. The molecule has 0 radical (unpaired) electrons. The second-order valence-corrected chi connectivity index (χ2v) is 8.79. The average molecular weight is 403 g/mol. The summed E-state index contributed by atoms with van der Waals surface area (Å²) in [6.45, 7) is 2.17. The predicted octanol–water partition coefficient (Wildman–Crippen LogP) is 4.24. The van der Waals surface area contributed by atoms with Crippen molar-refractivity contribution in [3.8, 4) is 0 Å². The largest absolute Gasteiger partial charge is 0.465 e. The molecule has 8 heteroatoms. The zero-order chi connectivity index (χ0) is 18.8. The molecular weight excluding hydrogens is 380 g/mol. The monoisotopic (exact) mass is 402 g/mol. The quantitative estimate of drug-likeness (QED) is 0.529. The second kappa shape index (κ2) is 7.82. The molecule has 1 fully saturated rings. The predicted molar refractivity (Wildman–Crippen MR) is 112 cm³/mol. The summed E-state index contributed by atoms with van der Waals surface area (Å²) >= 11 is 3.41. The van der Waals surface area contributed by atoms with Crippen molar-refractivity contribution in [2.75, 3.05) is 35.6 Å². The van der Waals surface area contributed by atoms with Crippen molar-refractivity contribution in [1.82, 2.24) is 4.90 Å². The highest BCUT2D eigenvalue weighted by Crippen LogP contribution is 2.39. The Labute approximate surface area is 166 Å². The van der Waals surface area contributed by atoms with E-state index >= 15 is 0 Å². The third-order valence-electron chi connectivity index (χ3n) is 5.07. The van der Waals surface area contributed by atoms with Crippen molar-refractivity contribution in [2.24, 2.45) is 0 Å². The molecular formula is C19H22N4O2S2. The van der Waals surface area contributed by atoms with Crippen LogP contribution in [0.3, 0.4) is 0 Å². The fourth-order valence-corrected chi connectivity index (χ4v) is 5.32. The first-order chi connectivity index (χ1) is 13.1. The van der Waals surface area contributed by atoms with Crippen LogP contribution in [-0.2, 0) is 0 Å². The van der Waals surface area contributed by atoms with Crippen LogP contribution in [0.2, 0.25) is 0 Å². The summed E-state index contributed by atoms with van der Waals surface area (Å²) in [5.41, 5.74) is 2.12. The number of fused-ring (bicyclic) bond motifs is 1. The number of piperidine rings is 1. The van der Waals surface area contributed by atoms with Gasteiger partial charge in [-0.25, -0.2) is 4.79 Å². The van der Waals surface area contributed by atoms with E-state index in [1.807, 2.05) is 35.3 Å². The number of amides is 1. The number of hydrogen-bond acceptors (Lipinski definition) is 5. The molecule has 0 saturated carbocycles. The van der Waals surface area contributed by atoms with Crippen LogP contribution in [0.15, 0.2) is 40.6 Å². The number of benzene rings is 1. The standard InChI is InChI=1S/C19H22N4O2S2/c20-18(17-2-1-10-26-17)21-13-3-4-16-15(12-13)23(9-11-27-16)14-5-7-22(8-6-14)19(24)25/h1-4,10,12,14H,5-9,11H2,(H2,20,21)(H,24,25). The number of carbonyl (C=O) groups is 1. The van der Waals surface area contributed by atoms with Crippen molar-refractivity contribution in [3.63, 3.8) is 0 Å². The van der Waals surface area contributed by atoms with E-state index in [1.54, 1.807) is 11.3 Å². The smallest absolute Gasteiger partial charge is 0.407 e. The van der Waals surface area contributed by atoms with Crippen LogP contribution in [0.4, 0.5) is 16.2 Å². The van der Waals surface area contributed by atoms with Gasteiger partial charge in [0, 0.05) is 42.0 Å². The Morgan fingerprint density at radius 2 is 2.04 bits per heavy atom. The van der Waals surface area contributed by atoms with Crippen molar-refractivity contribution in [2.45, 2.75) is 23.8 Å². The maximum Gasteiger partial charge on any atom is 0.407 e. The molecule has 0 aliphatic carbocycles. The van der Waals surface area contributed by atoms with Gasteiger partial charge in [-0.3, -0.25) is 5.41 Å². The van der Waals surface area contributed by atoms with Gasteiger partial charge in [0.15, 0.2) is 0 Å². The van der Waals surface area contributed by atoms with Crippen molar-refractivity contribution in [1.29, 1.82) is 5.41 Å². The van der Waals surface area contributed by atoms with Crippen LogP contribution in [0, 0.1) is 5.41 Å². The third kappa shape index (κ3) is 3.91. The average Bonchev–Trinajstić information content (AvgIpc) is 3.22. The first-order valence-corrected chi connectivity index (χ1v) is 10.9. The highest BCUT2D eigenvalue weighted by molar-refractivity contribution is 7.99. The summed E-state index contributed by atoms with van der Waals surface area (Å²) in [6.07, 6.45) is 0.902. The summed E-state index contributed by atoms with van der Waals surface area (Å²) in [6, 6.07) is 10.6. The number of hydrogen-bond donors (Lipinski definition) is 3. The minimum absolute atomic E-state index is 0.368. The first-order valence-electron chi connectivity index (χ1n) is 9.02. The number of thiophene rings is 1. The molecule has 4 rings (SSSR count). The molecule has 2 aliphatic heterocycles. The Hall–Kier alpha value is -2.19. The first kappa shape index (κ1) is 18.2. The highest BCUT2D eigenvalue weighted by Gasteiger charge is 2.29. The van der Waals surface area contributed by atoms with Crippen LogP contribution in [0.5, 0.6) is 0 Å². The van der Waals surface area contributed by atoms with Gasteiger partial charge in [0.2, 0.25) is 0 Å². The number of nitrogens with one attached hydrogen (secondary N) is 2. The van der Waals surface area contributed by atoms with Crippen LogP contribution in [0.1, 0.15) is 17.7 Å². The van der Waals surface area contributed by atoms with Gasteiger partial charge in [-0.05, 0) is 42.5 Å². The van der Waals surface area contributed by atoms with Crippen molar-refractivity contribution in [3.05, 3.63) is 40.6 Å². The van der Waals surface area contributed by atoms with E-state index in [0.717, 1.165) is 35.7 Å². The van der Waals surface area contributed by atoms with Gasteiger partial charge in [-0.1, -0.05) is 6.07 Å². The van der Waals surface area contributed by atoms with Crippen molar-refractivity contribution < 1.29 is 9.90 Å². The zero-order valence-corrected chi connectivity index (χ0v) is 16.5. The lowest BCUT2D eigenvalue weighted by Gasteiger charge is -2.41. The number of likely N-dealkylation sites (tertiary alicyclic amines) is 1. The lowest BCUT2D eigenvalue weighted by Crippen LogP contribution is -2.48. The fourth-order valence-electron chi connectivity index (χ4n) is 3.69. The molecule has 1 saturated heterocycles. The summed E-state index contributed by atoms with van der Waals surface area (Å²) in [7, 11) is 0. The number of rotatable bonds is 3. The van der Waals surface area contributed by atoms with Gasteiger partial charge in [0.05, 0.1) is 10.6 Å². The van der Waals surface area contributed by atoms with E-state index in [0.29, 0.717) is 25.0 Å². The summed E-state index contributed by atoms with van der Waals surface area (Å²) in [5, 5.41) is 22.6. The second-order valence-electron chi connectivity index (χ2n) is 6.70. The highest BCUT2D eigenvalue weighted by atomic mass is 32.2. The van der Waals surface area contributed by atoms with E-state index in [9.17, 15) is 9.90 Å². The maximum absolute atomic E-state index is 11.2. The lowest BCUT2D eigenvalue weighted by molar-refractivity contribution is 0.131. The minimum Gasteiger partial charge on any atom is -0.465 e. The molecule has 2 aromatic rings. The van der Waals surface area contributed by atoms with Gasteiger partial charge in [-0.15, -0.1) is 23.1 Å². The minimum atomic E-state index is -0.818. The molecule has 0 atom stereocenters. The normalized spacial score (nSPS) is 17.5. The SMILES string of the molecule is N=C(Nc1ccc2c(c1)N(C1CCN(C(=O)O)CC1)CCS2)c1cccs1. The van der Waals surface area contributed by atoms with Gasteiger partial charge >= 0.3 is 6.09 Å². The number of nitrogens with zero attached hydrogens (tertiary/aromatic N) is 2. The number of thioether (sulfide) groups is 1. The molecule has 6 nitrogen and oxygen atoms in total. The number of carboxylic acid groups (broad SMARTS) is 1. The third-order valence-corrected chi connectivity index (χ3v) is 7.00. The summed E-state index contributed by atoms with van der Waals surface area (Å²) < 4.78 is 0. The van der Waals surface area contributed by atoms with E-state index < -0.39 is 6.09 Å². The van der Waals surface area contributed by atoms with Crippen molar-refractivity contribution >= 4 is 46.4 Å². The van der Waals surface area contributed by atoms with Gasteiger partial charge in [0.1, 0.15) is 5.84 Å². The van der Waals surface area contributed by atoms with E-state index in [-0.39, 0.29) is 0 Å². The summed E-state index contributed by atoms with van der Waals surface area (Å²) in [5.74, 6) is 1.46. The van der Waals surface area contributed by atoms with Crippen LogP contribution in [0.25, 0.3) is 0 Å². The Balaban J connectivity index is 1.51. The van der Waals surface area contributed by atoms with Gasteiger partial charge in [-0.2, -0.15) is 0 Å². The number of anilines is 2. The van der Waals surface area contributed by atoms with E-state index in [4.69, 9.17) is 5.41 Å². The van der Waals surface area contributed by atoms with Crippen LogP contribution >= 0.6 is 23.1 Å². The Morgan fingerprint density at radius 1 is 1.22 bits per heavy atom. The molecule has 3 heterocycles. The molecule has 142 valence electrons. The molecule has 1 aromatic heterocycles. The molecule has 0 unspecified atom stereocenters. The van der Waals surface area contributed by atoms with Crippen LogP contribution in [-0.4, -0.2) is 53.4 Å². The molecule has 27 heavy (non-hydrogen) atoms. The summed E-state index contributed by atoms with van der Waals surface area (Å²) in [4.78, 5) is 17.3. The fraction of sp³-hybridized carbons (Fsp3) is 0.368. The Bertz CT molecular complexity index is 832. The molecule has 0 bridgehead atoms. The van der Waals surface area contributed by atoms with Gasteiger partial charge < -0.3 is 20.2 Å². The Morgan fingerprint density at radius 3 is 2.74 bits per heavy atom. The Kier molecular flexibility index (Phi) is 5.27. The zero-order valence-electron chi connectivity index (χ0n) is 14.9. The van der Waals surface area contributed by atoms with E-state index in [2.05, 4.69) is 22.3 Å². The molecule has 3 N–H and O–H groups in total. The van der Waals surface area contributed by atoms with Crippen LogP contribution < -0.4 is 10.2 Å². The maximum atomic E-state index is 11.2. The number of amidine groups is 1. The topological polar surface area (TPSA) is 79.7 Å². The van der Waals surface area contributed by atoms with Gasteiger partial charge in [0.25, 0.3) is 0 Å². The molecule has 2 aliphatic rings. The lowest BCUT2D eigenvalue weighted by atomic mass is 10.0. The molecule has 1 amide bonds. The molecule has 0 spiro atoms. The van der Waals surface area contributed by atoms with E-state index in [1.165, 1.54) is 15.5 Å².